The number of carbonyl (C=O) groups is 3. The van der Waals surface area contributed by atoms with Crippen LogP contribution >= 0.6 is 0 Å². The molecule has 0 radical (unpaired) electrons. The van der Waals surface area contributed by atoms with E-state index in [0.717, 1.165) is 15.7 Å². The van der Waals surface area contributed by atoms with Gasteiger partial charge in [-0.15, -0.1) is 0 Å². The predicted molar refractivity (Wildman–Crippen MR) is 152 cm³/mol. The smallest absolute Gasteiger partial charge is 0.329 e. The topological polar surface area (TPSA) is 142 Å². The van der Waals surface area contributed by atoms with Crippen LogP contribution in [0.4, 0.5) is 0 Å². The molecule has 3 N–H and O–H groups in total. The van der Waals surface area contributed by atoms with E-state index < -0.39 is 47.2 Å². The Morgan fingerprint density at radius 3 is 2.15 bits per heavy atom. The number of nitrogens with one attached hydrogen (secondary N) is 2. The highest BCUT2D eigenvalue weighted by atomic mass is 16.4. The SMILES string of the molecule is O=C(O)[C@H](Cc1ccccc1)NC(=O)[C@@H]1CCCN1C(=O)[C@H](Cc1ccccc1)n1c(=O)[nH]c2ccccc2c1=O. The number of likely N-dealkylation sites (tertiary alicyclic amines) is 1. The monoisotopic (exact) mass is 554 g/mol. The molecule has 0 saturated carbocycles. The van der Waals surface area contributed by atoms with Gasteiger partial charge < -0.3 is 20.3 Å². The summed E-state index contributed by atoms with van der Waals surface area (Å²) in [6.45, 7) is 0.235. The van der Waals surface area contributed by atoms with E-state index in [9.17, 15) is 29.1 Å². The molecule has 3 atom stereocenters. The molecule has 1 aromatic heterocycles. The maximum Gasteiger partial charge on any atom is 0.329 e. The first-order chi connectivity index (χ1) is 19.8. The lowest BCUT2D eigenvalue weighted by Crippen LogP contribution is -2.54. The summed E-state index contributed by atoms with van der Waals surface area (Å²) in [5, 5.41) is 12.6. The Hall–Kier alpha value is -4.99. The molecule has 210 valence electrons. The van der Waals surface area contributed by atoms with Crippen molar-refractivity contribution in [3.63, 3.8) is 0 Å². The highest BCUT2D eigenvalue weighted by Gasteiger charge is 2.40. The van der Waals surface area contributed by atoms with Crippen molar-refractivity contribution in [3.8, 4) is 0 Å². The standard InChI is InChI=1S/C31H30N4O6/c36-27(32-24(30(39)40)18-20-10-3-1-4-11-20)25-16-9-17-34(25)29(38)26(19-21-12-5-2-6-13-21)35-28(37)22-14-7-8-15-23(22)33-31(35)41/h1-8,10-15,24-26H,9,16-19H2,(H,32,36)(H,33,41)(H,39,40)/t24-,25-,26-/m0/s1. The van der Waals surface area contributed by atoms with Gasteiger partial charge in [-0.2, -0.15) is 0 Å². The summed E-state index contributed by atoms with van der Waals surface area (Å²) in [6.07, 6.45) is 0.982. The number of amides is 2. The molecule has 0 unspecified atom stereocenters. The van der Waals surface area contributed by atoms with Crippen molar-refractivity contribution in [2.24, 2.45) is 0 Å². The fourth-order valence-corrected chi connectivity index (χ4v) is 5.40. The zero-order valence-corrected chi connectivity index (χ0v) is 22.2. The van der Waals surface area contributed by atoms with Crippen molar-refractivity contribution in [1.29, 1.82) is 0 Å². The Labute approximate surface area is 235 Å². The van der Waals surface area contributed by atoms with Crippen LogP contribution in [0.25, 0.3) is 10.9 Å². The number of aliphatic carboxylic acids is 1. The zero-order valence-electron chi connectivity index (χ0n) is 22.2. The Morgan fingerprint density at radius 2 is 1.49 bits per heavy atom. The molecule has 1 saturated heterocycles. The molecule has 41 heavy (non-hydrogen) atoms. The van der Waals surface area contributed by atoms with E-state index in [0.29, 0.717) is 18.4 Å². The van der Waals surface area contributed by atoms with Crippen LogP contribution in [0.1, 0.15) is 30.0 Å². The van der Waals surface area contributed by atoms with E-state index in [1.807, 2.05) is 12.1 Å². The van der Waals surface area contributed by atoms with Crippen LogP contribution in [0.5, 0.6) is 0 Å². The number of nitrogens with zero attached hydrogens (tertiary/aromatic N) is 2. The van der Waals surface area contributed by atoms with Gasteiger partial charge >= 0.3 is 11.7 Å². The summed E-state index contributed by atoms with van der Waals surface area (Å²) in [4.78, 5) is 70.3. The predicted octanol–water partition coefficient (Wildman–Crippen LogP) is 2.28. The molecular formula is C31H30N4O6. The maximum atomic E-state index is 14.1. The Morgan fingerprint density at radius 1 is 0.878 bits per heavy atom. The van der Waals surface area contributed by atoms with Crippen molar-refractivity contribution in [1.82, 2.24) is 19.8 Å². The second-order valence-electron chi connectivity index (χ2n) is 10.1. The molecule has 10 nitrogen and oxygen atoms in total. The number of carboxylic acids is 1. The number of rotatable bonds is 9. The molecule has 0 bridgehead atoms. The maximum absolute atomic E-state index is 14.1. The Bertz CT molecular complexity index is 1680. The lowest BCUT2D eigenvalue weighted by atomic mass is 10.0. The van der Waals surface area contributed by atoms with Crippen molar-refractivity contribution in [2.45, 2.75) is 43.8 Å². The van der Waals surface area contributed by atoms with E-state index in [2.05, 4.69) is 10.3 Å². The lowest BCUT2D eigenvalue weighted by molar-refractivity contribution is -0.144. The third-order valence-corrected chi connectivity index (χ3v) is 7.44. The minimum atomic E-state index is -1.22. The van der Waals surface area contributed by atoms with Crippen LogP contribution in [0.3, 0.4) is 0 Å². The fourth-order valence-electron chi connectivity index (χ4n) is 5.40. The molecule has 4 aromatic rings. The minimum absolute atomic E-state index is 0.0532. The molecular weight excluding hydrogens is 524 g/mol. The number of aromatic nitrogens is 2. The van der Waals surface area contributed by atoms with Gasteiger partial charge in [0.15, 0.2) is 0 Å². The van der Waals surface area contributed by atoms with E-state index in [1.165, 1.54) is 4.90 Å². The molecule has 0 aliphatic carbocycles. The highest BCUT2D eigenvalue weighted by Crippen LogP contribution is 2.24. The molecule has 10 heteroatoms. The average molecular weight is 555 g/mol. The average Bonchev–Trinajstić information content (AvgIpc) is 3.47. The quantitative estimate of drug-likeness (QED) is 0.290. The van der Waals surface area contributed by atoms with E-state index >= 15 is 0 Å². The number of H-pyrrole nitrogens is 1. The van der Waals surface area contributed by atoms with Gasteiger partial charge in [-0.05, 0) is 36.1 Å². The molecule has 1 aliphatic heterocycles. The van der Waals surface area contributed by atoms with Gasteiger partial charge in [0.2, 0.25) is 11.8 Å². The van der Waals surface area contributed by atoms with Gasteiger partial charge in [-0.3, -0.25) is 14.4 Å². The summed E-state index contributed by atoms with van der Waals surface area (Å²) in [5.41, 5.74) is 0.516. The van der Waals surface area contributed by atoms with E-state index in [-0.39, 0.29) is 24.8 Å². The first kappa shape index (κ1) is 27.6. The summed E-state index contributed by atoms with van der Waals surface area (Å²) < 4.78 is 0.931. The Balaban J connectivity index is 1.46. The normalized spacial score (nSPS) is 16.3. The van der Waals surface area contributed by atoms with Gasteiger partial charge in [0.05, 0.1) is 10.9 Å². The van der Waals surface area contributed by atoms with Crippen LogP contribution in [-0.4, -0.2) is 56.0 Å². The van der Waals surface area contributed by atoms with Gasteiger partial charge in [-0.1, -0.05) is 72.8 Å². The van der Waals surface area contributed by atoms with Crippen LogP contribution in [0.15, 0.2) is 94.5 Å². The van der Waals surface area contributed by atoms with Crippen molar-refractivity contribution < 1.29 is 19.5 Å². The van der Waals surface area contributed by atoms with Gasteiger partial charge in [0.1, 0.15) is 18.1 Å². The summed E-state index contributed by atoms with van der Waals surface area (Å²) >= 11 is 0. The van der Waals surface area contributed by atoms with Gasteiger partial charge in [0, 0.05) is 19.4 Å². The third-order valence-electron chi connectivity index (χ3n) is 7.44. The highest BCUT2D eigenvalue weighted by molar-refractivity contribution is 5.92. The van der Waals surface area contributed by atoms with Crippen LogP contribution in [0, 0.1) is 0 Å². The van der Waals surface area contributed by atoms with E-state index in [4.69, 9.17) is 0 Å². The summed E-state index contributed by atoms with van der Waals surface area (Å²) in [7, 11) is 0. The first-order valence-corrected chi connectivity index (χ1v) is 13.5. The molecule has 5 rings (SSSR count). The first-order valence-electron chi connectivity index (χ1n) is 13.5. The number of carbonyl (C=O) groups excluding carboxylic acids is 2. The van der Waals surface area contributed by atoms with Crippen molar-refractivity contribution >= 4 is 28.7 Å². The largest absolute Gasteiger partial charge is 0.480 e. The third kappa shape index (κ3) is 5.96. The molecule has 0 spiro atoms. The number of carboxylic acid groups (broad SMARTS) is 1. The number of hydrogen-bond donors (Lipinski definition) is 3. The number of benzene rings is 3. The number of hydrogen-bond acceptors (Lipinski definition) is 5. The second kappa shape index (κ2) is 12.0. The summed E-state index contributed by atoms with van der Waals surface area (Å²) in [6, 6.07) is 21.2. The second-order valence-corrected chi connectivity index (χ2v) is 10.1. The molecule has 3 aromatic carbocycles. The number of aromatic amines is 1. The zero-order chi connectivity index (χ0) is 28.9. The lowest BCUT2D eigenvalue weighted by Gasteiger charge is -2.29. The van der Waals surface area contributed by atoms with Gasteiger partial charge in [0.25, 0.3) is 5.56 Å². The van der Waals surface area contributed by atoms with Crippen LogP contribution in [-0.2, 0) is 27.2 Å². The van der Waals surface area contributed by atoms with Crippen LogP contribution < -0.4 is 16.6 Å². The molecule has 1 fully saturated rings. The van der Waals surface area contributed by atoms with Crippen molar-refractivity contribution in [2.75, 3.05) is 6.54 Å². The number of para-hydroxylation sites is 1. The fraction of sp³-hybridized carbons (Fsp3) is 0.258. The molecule has 2 amide bonds. The molecule has 2 heterocycles. The van der Waals surface area contributed by atoms with E-state index in [1.54, 1.807) is 72.8 Å². The molecule has 1 aliphatic rings. The van der Waals surface area contributed by atoms with Crippen LogP contribution in [0.2, 0.25) is 0 Å². The Kier molecular flexibility index (Phi) is 8.09. The summed E-state index contributed by atoms with van der Waals surface area (Å²) in [5.74, 6) is -2.32. The number of fused-ring (bicyclic) bond motifs is 1. The minimum Gasteiger partial charge on any atom is -0.480 e. The van der Waals surface area contributed by atoms with Gasteiger partial charge in [-0.25, -0.2) is 14.2 Å². The van der Waals surface area contributed by atoms with Crippen molar-refractivity contribution in [3.05, 3.63) is 117 Å².